The van der Waals surface area contributed by atoms with Crippen molar-refractivity contribution in [1.29, 1.82) is 0 Å². The van der Waals surface area contributed by atoms with Gasteiger partial charge in [-0.15, -0.1) is 0 Å². The highest BCUT2D eigenvalue weighted by Gasteiger charge is 2.25. The minimum atomic E-state index is -0.280. The number of hydrogen-bond donors (Lipinski definition) is 3. The SMILES string of the molecule is CC(=O)NC1CCN(c2cc(Nc3cnccn3)nc(N[C@@H](C)c3ccc(F)cc3)n2)C1. The standard InChI is InChI=1S/C22H25FN8O/c1-14(16-3-5-17(23)6-4-16)26-22-29-19(28-20-12-24-8-9-25-20)11-21(30-22)31-10-7-18(13-31)27-15(2)32/h3-6,8-9,11-12,14,18H,7,10,13H2,1-2H3,(H,27,32)(H2,25,26,28,29,30)/t14-,18?/m0/s1. The van der Waals surface area contributed by atoms with E-state index in [0.29, 0.717) is 24.1 Å². The van der Waals surface area contributed by atoms with Gasteiger partial charge in [0.2, 0.25) is 11.9 Å². The molecule has 9 nitrogen and oxygen atoms in total. The van der Waals surface area contributed by atoms with E-state index in [-0.39, 0.29) is 23.8 Å². The third kappa shape index (κ3) is 5.45. The molecule has 1 aliphatic heterocycles. The Balaban J connectivity index is 1.58. The number of hydrogen-bond acceptors (Lipinski definition) is 8. The van der Waals surface area contributed by atoms with E-state index in [2.05, 4.69) is 35.8 Å². The van der Waals surface area contributed by atoms with Gasteiger partial charge in [0.05, 0.1) is 12.2 Å². The fraction of sp³-hybridized carbons (Fsp3) is 0.318. The molecule has 1 saturated heterocycles. The van der Waals surface area contributed by atoms with Crippen molar-refractivity contribution < 1.29 is 9.18 Å². The van der Waals surface area contributed by atoms with Gasteiger partial charge in [0.15, 0.2) is 0 Å². The molecule has 10 heteroatoms. The second kappa shape index (κ2) is 9.54. The molecule has 4 rings (SSSR count). The van der Waals surface area contributed by atoms with Crippen LogP contribution in [0.25, 0.3) is 0 Å². The Morgan fingerprint density at radius 1 is 1.19 bits per heavy atom. The number of carbonyl (C=O) groups is 1. The van der Waals surface area contributed by atoms with Gasteiger partial charge in [-0.1, -0.05) is 12.1 Å². The van der Waals surface area contributed by atoms with Crippen molar-refractivity contribution >= 4 is 29.3 Å². The summed E-state index contributed by atoms with van der Waals surface area (Å²) in [6.45, 7) is 4.91. The Hall–Kier alpha value is -3.82. The molecule has 3 aromatic rings. The topological polar surface area (TPSA) is 108 Å². The Kier molecular flexibility index (Phi) is 6.39. The summed E-state index contributed by atoms with van der Waals surface area (Å²) < 4.78 is 13.3. The molecule has 3 N–H and O–H groups in total. The molecule has 1 unspecified atom stereocenters. The zero-order valence-corrected chi connectivity index (χ0v) is 17.9. The second-order valence-corrected chi connectivity index (χ2v) is 7.70. The van der Waals surface area contributed by atoms with Gasteiger partial charge in [0.1, 0.15) is 23.3 Å². The van der Waals surface area contributed by atoms with Crippen LogP contribution >= 0.6 is 0 Å². The minimum Gasteiger partial charge on any atom is -0.354 e. The number of rotatable bonds is 7. The molecule has 32 heavy (non-hydrogen) atoms. The molecule has 0 radical (unpaired) electrons. The number of carbonyl (C=O) groups excluding carboxylic acids is 1. The number of anilines is 4. The average molecular weight is 436 g/mol. The van der Waals surface area contributed by atoms with Crippen molar-refractivity contribution in [3.8, 4) is 0 Å². The maximum absolute atomic E-state index is 13.3. The van der Waals surface area contributed by atoms with Gasteiger partial charge in [0.25, 0.3) is 0 Å². The number of halogens is 1. The maximum Gasteiger partial charge on any atom is 0.227 e. The Bertz CT molecular complexity index is 1060. The molecule has 3 heterocycles. The van der Waals surface area contributed by atoms with Crippen LogP contribution in [0, 0.1) is 5.82 Å². The highest BCUT2D eigenvalue weighted by molar-refractivity contribution is 5.73. The van der Waals surface area contributed by atoms with E-state index < -0.39 is 0 Å². The molecule has 0 saturated carbocycles. The predicted molar refractivity (Wildman–Crippen MR) is 120 cm³/mol. The maximum atomic E-state index is 13.3. The van der Waals surface area contributed by atoms with Crippen LogP contribution in [0.2, 0.25) is 0 Å². The highest BCUT2D eigenvalue weighted by atomic mass is 19.1. The summed E-state index contributed by atoms with van der Waals surface area (Å²) in [7, 11) is 0. The number of nitrogens with one attached hydrogen (secondary N) is 3. The number of aromatic nitrogens is 4. The van der Waals surface area contributed by atoms with Gasteiger partial charge in [-0.2, -0.15) is 9.97 Å². The van der Waals surface area contributed by atoms with E-state index in [0.717, 1.165) is 24.3 Å². The third-order valence-corrected chi connectivity index (χ3v) is 5.17. The quantitative estimate of drug-likeness (QED) is 0.519. The highest BCUT2D eigenvalue weighted by Crippen LogP contribution is 2.26. The molecule has 1 aliphatic rings. The number of nitrogens with zero attached hydrogens (tertiary/aromatic N) is 5. The van der Waals surface area contributed by atoms with Crippen LogP contribution in [-0.2, 0) is 4.79 Å². The Labute approximate surface area is 185 Å². The lowest BCUT2D eigenvalue weighted by Gasteiger charge is -2.21. The molecule has 0 spiro atoms. The fourth-order valence-electron chi connectivity index (χ4n) is 3.62. The summed E-state index contributed by atoms with van der Waals surface area (Å²) in [5.41, 5.74) is 0.913. The summed E-state index contributed by atoms with van der Waals surface area (Å²) in [6.07, 6.45) is 5.64. The molecular weight excluding hydrogens is 411 g/mol. The van der Waals surface area contributed by atoms with Crippen LogP contribution < -0.4 is 20.9 Å². The lowest BCUT2D eigenvalue weighted by atomic mass is 10.1. The molecule has 1 fully saturated rings. The summed E-state index contributed by atoms with van der Waals surface area (Å²) >= 11 is 0. The summed E-state index contributed by atoms with van der Waals surface area (Å²) in [5, 5.41) is 9.42. The van der Waals surface area contributed by atoms with Gasteiger partial charge in [0, 0.05) is 44.5 Å². The lowest BCUT2D eigenvalue weighted by Crippen LogP contribution is -2.35. The van der Waals surface area contributed by atoms with Gasteiger partial charge < -0.3 is 20.9 Å². The Morgan fingerprint density at radius 3 is 2.72 bits per heavy atom. The lowest BCUT2D eigenvalue weighted by molar-refractivity contribution is -0.119. The number of amides is 1. The van der Waals surface area contributed by atoms with E-state index in [4.69, 9.17) is 4.98 Å². The first-order chi connectivity index (χ1) is 15.5. The van der Waals surface area contributed by atoms with Crippen LogP contribution in [0.5, 0.6) is 0 Å². The zero-order chi connectivity index (χ0) is 22.5. The largest absolute Gasteiger partial charge is 0.354 e. The van der Waals surface area contributed by atoms with Crippen molar-refractivity contribution in [2.45, 2.75) is 32.4 Å². The summed E-state index contributed by atoms with van der Waals surface area (Å²) in [5.74, 6) is 1.96. The normalized spacial score (nSPS) is 16.5. The average Bonchev–Trinajstić information content (AvgIpc) is 3.22. The van der Waals surface area contributed by atoms with E-state index in [9.17, 15) is 9.18 Å². The van der Waals surface area contributed by atoms with Crippen molar-refractivity contribution in [3.05, 3.63) is 60.3 Å². The van der Waals surface area contributed by atoms with E-state index in [1.54, 1.807) is 30.7 Å². The molecule has 166 valence electrons. The van der Waals surface area contributed by atoms with Crippen molar-refractivity contribution in [2.24, 2.45) is 0 Å². The van der Waals surface area contributed by atoms with Crippen LogP contribution in [0.3, 0.4) is 0 Å². The van der Waals surface area contributed by atoms with Crippen molar-refractivity contribution in [1.82, 2.24) is 25.3 Å². The van der Waals surface area contributed by atoms with E-state index in [1.165, 1.54) is 19.1 Å². The van der Waals surface area contributed by atoms with Crippen LogP contribution in [0.4, 0.5) is 27.8 Å². The van der Waals surface area contributed by atoms with Gasteiger partial charge in [-0.25, -0.2) is 9.37 Å². The smallest absolute Gasteiger partial charge is 0.227 e. The molecule has 0 aliphatic carbocycles. The monoisotopic (exact) mass is 436 g/mol. The van der Waals surface area contributed by atoms with Gasteiger partial charge in [-0.3, -0.25) is 9.78 Å². The molecule has 1 aromatic carbocycles. The Morgan fingerprint density at radius 2 is 2.00 bits per heavy atom. The van der Waals surface area contributed by atoms with E-state index in [1.807, 2.05) is 13.0 Å². The molecule has 2 aromatic heterocycles. The summed E-state index contributed by atoms with van der Waals surface area (Å²) in [6, 6.07) is 8.10. The van der Waals surface area contributed by atoms with Gasteiger partial charge >= 0.3 is 0 Å². The fourth-order valence-corrected chi connectivity index (χ4v) is 3.62. The van der Waals surface area contributed by atoms with Crippen molar-refractivity contribution in [2.75, 3.05) is 28.6 Å². The van der Waals surface area contributed by atoms with Gasteiger partial charge in [-0.05, 0) is 31.0 Å². The zero-order valence-electron chi connectivity index (χ0n) is 17.9. The third-order valence-electron chi connectivity index (χ3n) is 5.17. The minimum absolute atomic E-state index is 0.0416. The molecular formula is C22H25FN8O. The predicted octanol–water partition coefficient (Wildman–Crippen LogP) is 3.04. The second-order valence-electron chi connectivity index (χ2n) is 7.70. The molecule has 0 bridgehead atoms. The summed E-state index contributed by atoms with van der Waals surface area (Å²) in [4.78, 5) is 31.1. The first-order valence-corrected chi connectivity index (χ1v) is 10.4. The first-order valence-electron chi connectivity index (χ1n) is 10.4. The van der Waals surface area contributed by atoms with Crippen molar-refractivity contribution in [3.63, 3.8) is 0 Å². The van der Waals surface area contributed by atoms with Crippen LogP contribution in [-0.4, -0.2) is 45.0 Å². The van der Waals surface area contributed by atoms with Crippen LogP contribution in [0.15, 0.2) is 48.9 Å². The van der Waals surface area contributed by atoms with E-state index >= 15 is 0 Å². The molecule has 2 atom stereocenters. The first kappa shape index (κ1) is 21.4. The molecule has 1 amide bonds. The van der Waals surface area contributed by atoms with Crippen LogP contribution in [0.1, 0.15) is 31.9 Å². The number of benzene rings is 1.